The monoisotopic (exact) mass is 349 g/mol. The molecule has 0 radical (unpaired) electrons. The van der Waals surface area contributed by atoms with Crippen molar-refractivity contribution in [2.75, 3.05) is 11.8 Å². The van der Waals surface area contributed by atoms with E-state index in [-0.39, 0.29) is 21.7 Å². The van der Waals surface area contributed by atoms with Gasteiger partial charge in [-0.1, -0.05) is 12.1 Å². The lowest BCUT2D eigenvalue weighted by Crippen LogP contribution is -2.18. The number of sulfonamides is 1. The minimum Gasteiger partial charge on any atom is -0.478 e. The Labute approximate surface area is 138 Å². The average Bonchev–Trinajstić information content (AvgIpc) is 2.54. The molecule has 126 valence electrons. The summed E-state index contributed by atoms with van der Waals surface area (Å²) in [5.41, 5.74) is 0.627. The maximum atomic E-state index is 12.6. The Morgan fingerprint density at radius 1 is 1.08 bits per heavy atom. The van der Waals surface area contributed by atoms with E-state index in [1.165, 1.54) is 43.5 Å². The summed E-state index contributed by atoms with van der Waals surface area (Å²) in [5, 5.41) is 8.85. The number of esters is 1. The third kappa shape index (κ3) is 3.54. The Balaban J connectivity index is 2.43. The summed E-state index contributed by atoms with van der Waals surface area (Å²) in [5.74, 6) is -1.87. The number of hydrogen-bond acceptors (Lipinski definition) is 5. The van der Waals surface area contributed by atoms with Gasteiger partial charge in [0.1, 0.15) is 4.90 Å². The number of carbonyl (C=O) groups is 2. The molecule has 2 aromatic carbocycles. The maximum Gasteiger partial charge on any atom is 0.339 e. The van der Waals surface area contributed by atoms with Crippen molar-refractivity contribution in [3.05, 3.63) is 59.2 Å². The molecule has 0 bridgehead atoms. The summed E-state index contributed by atoms with van der Waals surface area (Å²) < 4.78 is 32.1. The molecule has 0 unspecified atom stereocenters. The summed E-state index contributed by atoms with van der Waals surface area (Å²) in [6.45, 7) is 1.60. The van der Waals surface area contributed by atoms with Crippen molar-refractivity contribution in [1.29, 1.82) is 0 Å². The van der Waals surface area contributed by atoms with Gasteiger partial charge < -0.3 is 9.84 Å². The van der Waals surface area contributed by atoms with Crippen LogP contribution >= 0.6 is 0 Å². The van der Waals surface area contributed by atoms with E-state index in [0.29, 0.717) is 5.56 Å². The van der Waals surface area contributed by atoms with Crippen molar-refractivity contribution in [1.82, 2.24) is 0 Å². The summed E-state index contributed by atoms with van der Waals surface area (Å²) in [6, 6.07) is 9.63. The molecule has 0 saturated heterocycles. The van der Waals surface area contributed by atoms with Crippen LogP contribution in [0.3, 0.4) is 0 Å². The van der Waals surface area contributed by atoms with Gasteiger partial charge in [-0.25, -0.2) is 18.0 Å². The summed E-state index contributed by atoms with van der Waals surface area (Å²) in [4.78, 5) is 22.5. The largest absolute Gasteiger partial charge is 0.478 e. The SMILES string of the molecule is COC(=O)c1c(C)cccc1S(=O)(=O)Nc1ccc(C(=O)O)cc1. The zero-order valence-electron chi connectivity index (χ0n) is 12.9. The predicted octanol–water partition coefficient (Wildman–Crippen LogP) is 2.28. The van der Waals surface area contributed by atoms with Gasteiger partial charge in [-0.3, -0.25) is 4.72 Å². The molecule has 0 aliphatic carbocycles. The molecule has 2 aromatic rings. The number of anilines is 1. The Kier molecular flexibility index (Phi) is 4.89. The molecule has 0 atom stereocenters. The third-order valence-corrected chi connectivity index (χ3v) is 4.72. The van der Waals surface area contributed by atoms with E-state index in [0.717, 1.165) is 0 Å². The fraction of sp³-hybridized carbons (Fsp3) is 0.125. The Hall–Kier alpha value is -2.87. The van der Waals surface area contributed by atoms with Gasteiger partial charge in [0.05, 0.1) is 18.2 Å². The van der Waals surface area contributed by atoms with Crippen molar-refractivity contribution >= 4 is 27.6 Å². The second-order valence-electron chi connectivity index (χ2n) is 4.93. The number of aromatic carboxylic acids is 1. The lowest BCUT2D eigenvalue weighted by Gasteiger charge is -2.13. The predicted molar refractivity (Wildman–Crippen MR) is 86.7 cm³/mol. The Morgan fingerprint density at radius 2 is 1.71 bits per heavy atom. The van der Waals surface area contributed by atoms with E-state index in [2.05, 4.69) is 9.46 Å². The molecule has 2 N–H and O–H groups in total. The number of methoxy groups -OCH3 is 1. The number of nitrogens with one attached hydrogen (secondary N) is 1. The van der Waals surface area contributed by atoms with Crippen LogP contribution in [-0.4, -0.2) is 32.6 Å². The van der Waals surface area contributed by atoms with Crippen LogP contribution in [0, 0.1) is 6.92 Å². The highest BCUT2D eigenvalue weighted by Gasteiger charge is 2.24. The molecule has 0 fully saturated rings. The normalized spacial score (nSPS) is 10.9. The second-order valence-corrected chi connectivity index (χ2v) is 6.58. The summed E-state index contributed by atoms with van der Waals surface area (Å²) >= 11 is 0. The average molecular weight is 349 g/mol. The summed E-state index contributed by atoms with van der Waals surface area (Å²) in [7, 11) is -2.88. The molecule has 0 aromatic heterocycles. The lowest BCUT2D eigenvalue weighted by atomic mass is 10.1. The molecule has 7 nitrogen and oxygen atoms in total. The van der Waals surface area contributed by atoms with Gasteiger partial charge in [-0.2, -0.15) is 0 Å². The topological polar surface area (TPSA) is 110 Å². The van der Waals surface area contributed by atoms with Gasteiger partial charge >= 0.3 is 11.9 Å². The number of aryl methyl sites for hydroxylation is 1. The van der Waals surface area contributed by atoms with Crippen LogP contribution in [-0.2, 0) is 14.8 Å². The molecule has 24 heavy (non-hydrogen) atoms. The fourth-order valence-electron chi connectivity index (χ4n) is 2.12. The number of benzene rings is 2. The number of carbonyl (C=O) groups excluding carboxylic acids is 1. The molecular formula is C16H15NO6S. The van der Waals surface area contributed by atoms with E-state index in [4.69, 9.17) is 5.11 Å². The highest BCUT2D eigenvalue weighted by atomic mass is 32.2. The molecule has 0 amide bonds. The van der Waals surface area contributed by atoms with Gasteiger partial charge in [-0.05, 0) is 42.8 Å². The van der Waals surface area contributed by atoms with Gasteiger partial charge in [0.2, 0.25) is 0 Å². The first-order valence-electron chi connectivity index (χ1n) is 6.80. The first-order chi connectivity index (χ1) is 11.3. The molecule has 0 heterocycles. The van der Waals surface area contributed by atoms with E-state index >= 15 is 0 Å². The molecule has 0 saturated carbocycles. The van der Waals surface area contributed by atoms with Gasteiger partial charge in [0, 0.05) is 5.69 Å². The first kappa shape index (κ1) is 17.5. The Bertz CT molecular complexity index is 887. The van der Waals surface area contributed by atoms with E-state index in [1.807, 2.05) is 0 Å². The van der Waals surface area contributed by atoms with Crippen molar-refractivity contribution in [2.45, 2.75) is 11.8 Å². The number of carboxylic acid groups (broad SMARTS) is 1. The quantitative estimate of drug-likeness (QED) is 0.802. The minimum atomic E-state index is -4.05. The van der Waals surface area contributed by atoms with Crippen molar-refractivity contribution in [3.63, 3.8) is 0 Å². The van der Waals surface area contributed by atoms with Gasteiger partial charge in [0.25, 0.3) is 10.0 Å². The molecule has 0 aliphatic rings. The van der Waals surface area contributed by atoms with Crippen molar-refractivity contribution in [2.24, 2.45) is 0 Å². The summed E-state index contributed by atoms with van der Waals surface area (Å²) in [6.07, 6.45) is 0. The van der Waals surface area contributed by atoms with Gasteiger partial charge in [0.15, 0.2) is 0 Å². The zero-order valence-corrected chi connectivity index (χ0v) is 13.8. The highest BCUT2D eigenvalue weighted by Crippen LogP contribution is 2.23. The van der Waals surface area contributed by atoms with E-state index < -0.39 is 22.0 Å². The number of rotatable bonds is 5. The molecular weight excluding hydrogens is 334 g/mol. The molecule has 2 rings (SSSR count). The number of ether oxygens (including phenoxy) is 1. The van der Waals surface area contributed by atoms with Crippen LogP contribution in [0.2, 0.25) is 0 Å². The number of hydrogen-bond donors (Lipinski definition) is 2. The standard InChI is InChI=1S/C16H15NO6S/c1-10-4-3-5-13(14(10)16(20)23-2)24(21,22)17-12-8-6-11(7-9-12)15(18)19/h3-9,17H,1-2H3,(H,18,19). The van der Waals surface area contributed by atoms with Crippen LogP contribution in [0.5, 0.6) is 0 Å². The lowest BCUT2D eigenvalue weighted by molar-refractivity contribution is 0.0594. The van der Waals surface area contributed by atoms with Crippen LogP contribution in [0.15, 0.2) is 47.4 Å². The van der Waals surface area contributed by atoms with Crippen molar-refractivity contribution < 1.29 is 27.9 Å². The molecule has 0 aliphatic heterocycles. The zero-order chi connectivity index (χ0) is 17.9. The van der Waals surface area contributed by atoms with E-state index in [1.54, 1.807) is 13.0 Å². The molecule has 0 spiro atoms. The minimum absolute atomic E-state index is 0.0313. The van der Waals surface area contributed by atoms with Crippen LogP contribution in [0.1, 0.15) is 26.3 Å². The first-order valence-corrected chi connectivity index (χ1v) is 8.28. The molecule has 8 heteroatoms. The van der Waals surface area contributed by atoms with Gasteiger partial charge in [-0.15, -0.1) is 0 Å². The van der Waals surface area contributed by atoms with Crippen LogP contribution in [0.4, 0.5) is 5.69 Å². The number of carboxylic acids is 1. The van der Waals surface area contributed by atoms with Crippen LogP contribution in [0.25, 0.3) is 0 Å². The second kappa shape index (κ2) is 6.71. The Morgan fingerprint density at radius 3 is 2.25 bits per heavy atom. The van der Waals surface area contributed by atoms with Crippen molar-refractivity contribution in [3.8, 4) is 0 Å². The van der Waals surface area contributed by atoms with Crippen LogP contribution < -0.4 is 4.72 Å². The third-order valence-electron chi connectivity index (χ3n) is 3.30. The highest BCUT2D eigenvalue weighted by molar-refractivity contribution is 7.92. The fourth-order valence-corrected chi connectivity index (χ4v) is 3.45. The maximum absolute atomic E-state index is 12.6. The smallest absolute Gasteiger partial charge is 0.339 e. The van der Waals surface area contributed by atoms with E-state index in [9.17, 15) is 18.0 Å².